The van der Waals surface area contributed by atoms with E-state index in [0.29, 0.717) is 12.8 Å². The fraction of sp³-hybridized carbons (Fsp3) is 0.400. The van der Waals surface area contributed by atoms with Crippen molar-refractivity contribution in [1.29, 1.82) is 0 Å². The number of carboxylic acid groups (broad SMARTS) is 1. The van der Waals surface area contributed by atoms with Crippen LogP contribution in [0.4, 0.5) is 13.6 Å². The van der Waals surface area contributed by atoms with Gasteiger partial charge in [-0.3, -0.25) is 4.79 Å². The van der Waals surface area contributed by atoms with E-state index in [1.165, 1.54) is 0 Å². The van der Waals surface area contributed by atoms with Gasteiger partial charge in [0.1, 0.15) is 18.7 Å². The molecule has 0 aliphatic heterocycles. The van der Waals surface area contributed by atoms with E-state index in [1.54, 1.807) is 5.32 Å². The second kappa shape index (κ2) is 9.99. The number of nitrogens with one attached hydrogen (secondary N) is 2. The number of alkyl carbamates (subject to hydrolysis) is 1. The third kappa shape index (κ3) is 5.12. The monoisotopic (exact) mass is 488 g/mol. The van der Waals surface area contributed by atoms with Crippen LogP contribution in [0.1, 0.15) is 36.3 Å². The normalized spacial score (nSPS) is 16.5. The number of aliphatic carboxylic acids is 1. The molecule has 0 aromatic heterocycles. The van der Waals surface area contributed by atoms with Crippen molar-refractivity contribution >= 4 is 18.0 Å². The molecule has 2 aromatic carbocycles. The lowest BCUT2D eigenvalue weighted by molar-refractivity contribution is -0.155. The molecule has 1 saturated carbocycles. The van der Waals surface area contributed by atoms with E-state index < -0.39 is 54.9 Å². The molecule has 4 rings (SSSR count). The van der Waals surface area contributed by atoms with Crippen molar-refractivity contribution in [3.8, 4) is 11.1 Å². The van der Waals surface area contributed by atoms with Crippen LogP contribution >= 0.6 is 0 Å². The van der Waals surface area contributed by atoms with Crippen LogP contribution in [-0.4, -0.2) is 59.4 Å². The molecule has 2 aliphatic rings. The topological polar surface area (TPSA) is 125 Å². The first-order chi connectivity index (χ1) is 16.7. The first kappa shape index (κ1) is 24.6. The molecule has 35 heavy (non-hydrogen) atoms. The fourth-order valence-corrected chi connectivity index (χ4v) is 4.48. The number of alkyl halides is 2. The van der Waals surface area contributed by atoms with E-state index in [2.05, 4.69) is 5.32 Å². The van der Waals surface area contributed by atoms with Crippen LogP contribution in [0, 0.1) is 5.92 Å². The van der Waals surface area contributed by atoms with Crippen molar-refractivity contribution in [1.82, 2.24) is 10.6 Å². The Hall–Kier alpha value is -3.53. The summed E-state index contributed by atoms with van der Waals surface area (Å²) in [4.78, 5) is 36.0. The van der Waals surface area contributed by atoms with Gasteiger partial charge >= 0.3 is 18.0 Å². The van der Waals surface area contributed by atoms with Gasteiger partial charge < -0.3 is 25.6 Å². The minimum atomic E-state index is -4.07. The molecule has 2 amide bonds. The van der Waals surface area contributed by atoms with E-state index in [0.717, 1.165) is 22.3 Å². The zero-order chi connectivity index (χ0) is 25.2. The molecule has 2 aliphatic carbocycles. The van der Waals surface area contributed by atoms with Crippen molar-refractivity contribution in [2.75, 3.05) is 13.2 Å². The molecule has 8 nitrogen and oxygen atoms in total. The summed E-state index contributed by atoms with van der Waals surface area (Å²) in [5.41, 5.74) is 3.97. The molecule has 0 radical (unpaired) electrons. The van der Waals surface area contributed by atoms with Crippen LogP contribution in [0.5, 0.6) is 0 Å². The van der Waals surface area contributed by atoms with Gasteiger partial charge in [-0.25, -0.2) is 9.59 Å². The highest BCUT2D eigenvalue weighted by molar-refractivity contribution is 5.89. The molecule has 0 saturated heterocycles. The average Bonchev–Trinajstić information content (AvgIpc) is 3.63. The van der Waals surface area contributed by atoms with E-state index in [-0.39, 0.29) is 12.5 Å². The number of hydrogen-bond donors (Lipinski definition) is 4. The highest BCUT2D eigenvalue weighted by Crippen LogP contribution is 2.44. The summed E-state index contributed by atoms with van der Waals surface area (Å²) in [6.07, 6.45) is -0.737. The van der Waals surface area contributed by atoms with Crippen molar-refractivity contribution in [2.45, 2.75) is 43.2 Å². The van der Waals surface area contributed by atoms with Gasteiger partial charge in [-0.1, -0.05) is 48.5 Å². The number of carboxylic acids is 1. The van der Waals surface area contributed by atoms with Gasteiger partial charge in [0.2, 0.25) is 0 Å². The third-order valence-corrected chi connectivity index (χ3v) is 6.42. The van der Waals surface area contributed by atoms with Gasteiger partial charge in [0.05, 0.1) is 0 Å². The van der Waals surface area contributed by atoms with Gasteiger partial charge in [-0.15, -0.1) is 0 Å². The number of halogens is 2. The lowest BCUT2D eigenvalue weighted by Gasteiger charge is -2.28. The maximum absolute atomic E-state index is 15.0. The highest BCUT2D eigenvalue weighted by Gasteiger charge is 2.55. The van der Waals surface area contributed by atoms with Crippen molar-refractivity contribution in [2.24, 2.45) is 5.92 Å². The number of fused-ring (bicyclic) bond motifs is 3. The maximum atomic E-state index is 15.0. The minimum absolute atomic E-state index is 0.0768. The van der Waals surface area contributed by atoms with Crippen LogP contribution in [0.3, 0.4) is 0 Å². The van der Waals surface area contributed by atoms with Gasteiger partial charge in [0, 0.05) is 18.9 Å². The number of aliphatic hydroxyl groups excluding tert-OH is 1. The second-order valence-corrected chi connectivity index (χ2v) is 8.78. The molecular weight excluding hydrogens is 462 g/mol. The summed E-state index contributed by atoms with van der Waals surface area (Å²) in [5, 5.41) is 21.9. The van der Waals surface area contributed by atoms with Crippen LogP contribution in [0.15, 0.2) is 48.5 Å². The molecule has 2 aromatic rings. The van der Waals surface area contributed by atoms with Crippen LogP contribution < -0.4 is 10.6 Å². The van der Waals surface area contributed by atoms with Gasteiger partial charge in [-0.05, 0) is 41.0 Å². The standard InChI is InChI=1S/C25H26F2N2O6/c26-25(27,23(33)28-20(11-12-30)22(31)32)21(14-9-10-14)29-24(34)35-13-19-17-7-3-1-5-15(17)16-6-2-4-8-18(16)19/h1-8,14,19-21,30H,9-13H2,(H,28,33)(H,29,34)(H,31,32)/t20-,21?/m1/s1. The first-order valence-corrected chi connectivity index (χ1v) is 11.4. The number of hydrogen-bond acceptors (Lipinski definition) is 5. The van der Waals surface area contributed by atoms with Gasteiger partial charge in [0.25, 0.3) is 5.91 Å². The van der Waals surface area contributed by atoms with E-state index in [1.807, 2.05) is 48.5 Å². The summed E-state index contributed by atoms with van der Waals surface area (Å²) in [6, 6.07) is 11.9. The number of rotatable bonds is 10. The lowest BCUT2D eigenvalue weighted by Crippen LogP contribution is -2.59. The first-order valence-electron chi connectivity index (χ1n) is 11.4. The Labute approximate surface area is 200 Å². The Kier molecular flexibility index (Phi) is 7.02. The zero-order valence-electron chi connectivity index (χ0n) is 18.7. The molecule has 186 valence electrons. The van der Waals surface area contributed by atoms with Gasteiger partial charge in [0.15, 0.2) is 0 Å². The molecule has 10 heteroatoms. The Morgan fingerprint density at radius 1 is 1.00 bits per heavy atom. The predicted octanol–water partition coefficient (Wildman–Crippen LogP) is 2.89. The Morgan fingerprint density at radius 3 is 2.09 bits per heavy atom. The summed E-state index contributed by atoms with van der Waals surface area (Å²) < 4.78 is 35.3. The summed E-state index contributed by atoms with van der Waals surface area (Å²) in [5.74, 6) is -8.34. The molecule has 0 bridgehead atoms. The minimum Gasteiger partial charge on any atom is -0.480 e. The van der Waals surface area contributed by atoms with Crippen LogP contribution in [-0.2, 0) is 14.3 Å². The number of carbonyl (C=O) groups is 3. The SMILES string of the molecule is O=C(NC(C1CC1)C(F)(F)C(=O)N[C@H](CCO)C(=O)O)OCC1c2ccccc2-c2ccccc21. The Balaban J connectivity index is 1.43. The smallest absolute Gasteiger partial charge is 0.407 e. The Bertz CT molecular complexity index is 1080. The summed E-state index contributed by atoms with van der Waals surface area (Å²) >= 11 is 0. The number of benzene rings is 2. The third-order valence-electron chi connectivity index (χ3n) is 6.42. The fourth-order valence-electron chi connectivity index (χ4n) is 4.48. The number of ether oxygens (including phenoxy) is 1. The summed E-state index contributed by atoms with van der Waals surface area (Å²) in [7, 11) is 0. The van der Waals surface area contributed by atoms with Crippen molar-refractivity contribution in [3.63, 3.8) is 0 Å². The lowest BCUT2D eigenvalue weighted by atomic mass is 9.98. The van der Waals surface area contributed by atoms with E-state index in [9.17, 15) is 23.2 Å². The zero-order valence-corrected chi connectivity index (χ0v) is 18.7. The number of carbonyl (C=O) groups excluding carboxylic acids is 2. The molecule has 1 unspecified atom stereocenters. The molecule has 0 spiro atoms. The van der Waals surface area contributed by atoms with E-state index in [4.69, 9.17) is 14.9 Å². The summed E-state index contributed by atoms with van der Waals surface area (Å²) in [6.45, 7) is -0.681. The molecule has 2 atom stereocenters. The van der Waals surface area contributed by atoms with Crippen molar-refractivity contribution < 1.29 is 38.1 Å². The molecule has 1 fully saturated rings. The number of aliphatic hydroxyl groups is 1. The average molecular weight is 488 g/mol. The molecule has 0 heterocycles. The quantitative estimate of drug-likeness (QED) is 0.408. The van der Waals surface area contributed by atoms with Gasteiger partial charge in [-0.2, -0.15) is 8.78 Å². The maximum Gasteiger partial charge on any atom is 0.407 e. The van der Waals surface area contributed by atoms with Crippen molar-refractivity contribution in [3.05, 3.63) is 59.7 Å². The Morgan fingerprint density at radius 2 is 1.57 bits per heavy atom. The largest absolute Gasteiger partial charge is 0.480 e. The van der Waals surface area contributed by atoms with Crippen LogP contribution in [0.2, 0.25) is 0 Å². The van der Waals surface area contributed by atoms with E-state index >= 15 is 0 Å². The predicted molar refractivity (Wildman–Crippen MR) is 121 cm³/mol. The molecular formula is C25H26F2N2O6. The van der Waals surface area contributed by atoms with Crippen LogP contribution in [0.25, 0.3) is 11.1 Å². The highest BCUT2D eigenvalue weighted by atomic mass is 19.3. The number of amides is 2. The molecule has 4 N–H and O–H groups in total. The second-order valence-electron chi connectivity index (χ2n) is 8.78.